The summed E-state index contributed by atoms with van der Waals surface area (Å²) in [7, 11) is 0. The van der Waals surface area contributed by atoms with Crippen LogP contribution in [-0.4, -0.2) is 12.3 Å². The second-order valence-corrected chi connectivity index (χ2v) is 35.8. The smallest absolute Gasteiger partial charge is 0.252 e. The Morgan fingerprint density at radius 2 is 0.753 bits per heavy atom. The third kappa shape index (κ3) is 9.05. The molecule has 3 heterocycles. The van der Waals surface area contributed by atoms with Crippen LogP contribution >= 0.6 is 0 Å². The van der Waals surface area contributed by atoms with E-state index in [-0.39, 0.29) is 55.6 Å². The van der Waals surface area contributed by atoms with Crippen LogP contribution in [0.2, 0.25) is 0 Å². The molecule has 4 heteroatoms. The zero-order valence-corrected chi connectivity index (χ0v) is 61.7. The number of nitrogens with zero attached hydrogens (tertiary/aromatic N) is 3. The molecule has 1 fully saturated rings. The minimum Gasteiger partial charge on any atom is -0.334 e. The van der Waals surface area contributed by atoms with E-state index in [2.05, 4.69) is 347 Å². The third-order valence-corrected chi connectivity index (χ3v) is 25.5. The average Bonchev–Trinajstić information content (AvgIpc) is 1.56. The summed E-state index contributed by atoms with van der Waals surface area (Å²) in [5.74, 6) is 0. The zero-order valence-electron chi connectivity index (χ0n) is 61.7. The highest BCUT2D eigenvalue weighted by Gasteiger charge is 2.59. The van der Waals surface area contributed by atoms with Gasteiger partial charge in [-0.3, -0.25) is 0 Å². The number of rotatable bonds is 5. The Bertz CT molecular complexity index is 4940. The van der Waals surface area contributed by atoms with Crippen molar-refractivity contribution < 1.29 is 0 Å². The topological polar surface area (TPSA) is 9.72 Å². The Kier molecular flexibility index (Phi) is 13.6. The molecule has 0 spiro atoms. The molecule has 0 radical (unpaired) electrons. The molecule has 2 atom stereocenters. The molecule has 6 aliphatic rings. The van der Waals surface area contributed by atoms with E-state index in [1.807, 2.05) is 0 Å². The normalized spacial score (nSPS) is 20.3. The van der Waals surface area contributed by atoms with Crippen LogP contribution in [0.15, 0.2) is 194 Å². The first-order valence-electron chi connectivity index (χ1n) is 36.4. The van der Waals surface area contributed by atoms with Gasteiger partial charge in [0.05, 0.1) is 11.2 Å². The predicted molar refractivity (Wildman–Crippen MR) is 416 cm³/mol. The summed E-state index contributed by atoms with van der Waals surface area (Å²) < 4.78 is 0. The second kappa shape index (κ2) is 20.9. The van der Waals surface area contributed by atoms with E-state index in [0.29, 0.717) is 0 Å². The fraction of sp³-hybridized carbons (Fsp3) is 0.355. The van der Waals surface area contributed by atoms with Crippen LogP contribution in [0.25, 0.3) is 22.3 Å². The number of anilines is 8. The molecule has 0 N–H and O–H groups in total. The van der Waals surface area contributed by atoms with Gasteiger partial charge in [-0.15, -0.1) is 0 Å². The first kappa shape index (κ1) is 63.4. The van der Waals surface area contributed by atoms with Gasteiger partial charge in [0.2, 0.25) is 0 Å². The van der Waals surface area contributed by atoms with E-state index in [0.717, 1.165) is 12.8 Å². The van der Waals surface area contributed by atoms with E-state index in [1.165, 1.54) is 169 Å². The van der Waals surface area contributed by atoms with Gasteiger partial charge >= 0.3 is 0 Å². The average molecular weight is 1270 g/mol. The molecule has 10 aromatic carbocycles. The second-order valence-electron chi connectivity index (χ2n) is 35.8. The SMILES string of the molecule is Cc1cc(C(C)(C)C)ccc1N1c2cc3c(cc2B2c4cc5c(cc4N(c4ccc(C(C)(C)C)cc4-c4ccccc4)c4cc(N6c7ccc(-c8ccc(C(C)(C)C)cc8)cc7C7(C)CCCCC67C)cc1c42)C(C)(C)c1ccccc1C5(C)C)C(C)(C)c1ccccc1C3(C)C. The van der Waals surface area contributed by atoms with Crippen molar-refractivity contribution in [2.75, 3.05) is 14.7 Å². The molecule has 3 aliphatic carbocycles. The lowest BCUT2D eigenvalue weighted by Crippen LogP contribution is -2.62. The number of hydrogen-bond donors (Lipinski definition) is 0. The third-order valence-electron chi connectivity index (χ3n) is 25.5. The number of hydrogen-bond acceptors (Lipinski definition) is 3. The van der Waals surface area contributed by atoms with Crippen molar-refractivity contribution in [3.8, 4) is 22.3 Å². The van der Waals surface area contributed by atoms with Crippen molar-refractivity contribution in [1.29, 1.82) is 0 Å². The summed E-state index contributed by atoms with van der Waals surface area (Å²) in [6, 6.07) is 78.1. The molecule has 3 nitrogen and oxygen atoms in total. The van der Waals surface area contributed by atoms with Crippen molar-refractivity contribution in [2.24, 2.45) is 0 Å². The quantitative estimate of drug-likeness (QED) is 0.159. The molecular formula is C93H100BN3. The Balaban J connectivity index is 1.07. The van der Waals surface area contributed by atoms with Gasteiger partial charge in [-0.25, -0.2) is 0 Å². The van der Waals surface area contributed by atoms with Crippen LogP contribution in [0.1, 0.15) is 230 Å². The molecule has 0 saturated heterocycles. The lowest BCUT2D eigenvalue weighted by Gasteiger charge is -2.52. The first-order chi connectivity index (χ1) is 45.7. The molecule has 490 valence electrons. The van der Waals surface area contributed by atoms with Crippen molar-refractivity contribution >= 4 is 68.6 Å². The molecule has 97 heavy (non-hydrogen) atoms. The molecule has 2 unspecified atom stereocenters. The van der Waals surface area contributed by atoms with E-state index < -0.39 is 0 Å². The van der Waals surface area contributed by atoms with Crippen molar-refractivity contribution in [2.45, 2.75) is 213 Å². The summed E-state index contributed by atoms with van der Waals surface area (Å²) in [6.07, 6.45) is 4.59. The van der Waals surface area contributed by atoms with E-state index in [4.69, 9.17) is 0 Å². The summed E-state index contributed by atoms with van der Waals surface area (Å²) in [5.41, 5.74) is 35.5. The van der Waals surface area contributed by atoms with Gasteiger partial charge in [0.1, 0.15) is 0 Å². The van der Waals surface area contributed by atoms with Gasteiger partial charge in [0, 0.05) is 72.5 Å². The summed E-state index contributed by atoms with van der Waals surface area (Å²) in [4.78, 5) is 8.44. The van der Waals surface area contributed by atoms with Crippen molar-refractivity contribution in [1.82, 2.24) is 0 Å². The molecule has 1 saturated carbocycles. The highest BCUT2D eigenvalue weighted by molar-refractivity contribution is 7.00. The fourth-order valence-corrected chi connectivity index (χ4v) is 19.4. The summed E-state index contributed by atoms with van der Waals surface area (Å²) in [5, 5.41) is 0. The van der Waals surface area contributed by atoms with Crippen LogP contribution in [0.3, 0.4) is 0 Å². The van der Waals surface area contributed by atoms with Gasteiger partial charge in [0.15, 0.2) is 0 Å². The monoisotopic (exact) mass is 1270 g/mol. The molecule has 3 aliphatic heterocycles. The van der Waals surface area contributed by atoms with E-state index in [1.54, 1.807) is 0 Å². The molecule has 16 rings (SSSR count). The number of fused-ring (bicyclic) bond motifs is 11. The van der Waals surface area contributed by atoms with Crippen LogP contribution < -0.4 is 31.1 Å². The number of aryl methyl sites for hydroxylation is 1. The van der Waals surface area contributed by atoms with Crippen LogP contribution in [0, 0.1) is 6.92 Å². The largest absolute Gasteiger partial charge is 0.334 e. The van der Waals surface area contributed by atoms with Crippen LogP contribution in [0.5, 0.6) is 0 Å². The molecule has 0 bridgehead atoms. The first-order valence-corrected chi connectivity index (χ1v) is 36.4. The maximum atomic E-state index is 2.88. The van der Waals surface area contributed by atoms with Crippen molar-refractivity contribution in [3.63, 3.8) is 0 Å². The number of benzene rings is 10. The Hall–Kier alpha value is -8.34. The van der Waals surface area contributed by atoms with Gasteiger partial charge in [0.25, 0.3) is 6.71 Å². The van der Waals surface area contributed by atoms with Gasteiger partial charge in [-0.2, -0.15) is 0 Å². The van der Waals surface area contributed by atoms with Crippen molar-refractivity contribution in [3.05, 3.63) is 266 Å². The summed E-state index contributed by atoms with van der Waals surface area (Å²) in [6.45, 7) is 48.6. The molecule has 0 amide bonds. The highest BCUT2D eigenvalue weighted by atomic mass is 15.3. The Labute approximate surface area is 581 Å². The van der Waals surface area contributed by atoms with Gasteiger partial charge in [-0.1, -0.05) is 277 Å². The van der Waals surface area contributed by atoms with E-state index >= 15 is 0 Å². The minimum absolute atomic E-state index is 0.0402. The molecular weight excluding hydrogens is 1170 g/mol. The molecule has 10 aromatic rings. The van der Waals surface area contributed by atoms with Crippen LogP contribution in [-0.2, 0) is 43.3 Å². The standard InChI is InChI=1S/C93H100BN3/c1-57-48-62(86(5,6)7)41-44-77(57)95-80-55-72-70(88(11,12)66-32-24-26-34-68(66)90(72,15)16)53-75(80)94-76-54-71-73(91(17,18)69-35-27-25-33-67(69)89(71,13)14)56-81(76)96(78-45-42-63(87(8,9)10)50-65(78)59-30-22-21-23-31-59)83-52-64(51-82(95)84(83)94)97-79-43-38-60(58-36-39-61(40-37-58)85(2,3)4)49-74(79)92(19)46-28-29-47-93(92,97)20/h21-27,30-45,48-56H,28-29,46-47H2,1-20H3. The fourth-order valence-electron chi connectivity index (χ4n) is 19.4. The lowest BCUT2D eigenvalue weighted by atomic mass is 9.32. The maximum absolute atomic E-state index is 2.88. The minimum atomic E-state index is -0.305. The van der Waals surface area contributed by atoms with Gasteiger partial charge in [-0.05, 0) is 203 Å². The highest BCUT2D eigenvalue weighted by Crippen LogP contribution is 2.64. The maximum Gasteiger partial charge on any atom is 0.252 e. The van der Waals surface area contributed by atoms with Crippen LogP contribution in [0.4, 0.5) is 45.5 Å². The Morgan fingerprint density at radius 3 is 1.25 bits per heavy atom. The Morgan fingerprint density at radius 1 is 0.330 bits per heavy atom. The zero-order chi connectivity index (χ0) is 68.4. The molecule has 0 aromatic heterocycles. The predicted octanol–water partition coefficient (Wildman–Crippen LogP) is 23.0. The lowest BCUT2D eigenvalue weighted by molar-refractivity contribution is 0.195. The summed E-state index contributed by atoms with van der Waals surface area (Å²) >= 11 is 0. The van der Waals surface area contributed by atoms with Gasteiger partial charge < -0.3 is 14.7 Å². The van der Waals surface area contributed by atoms with E-state index in [9.17, 15) is 0 Å².